The highest BCUT2D eigenvalue weighted by Gasteiger charge is 2.25. The number of nitrogens with one attached hydrogen (secondary N) is 1. The van der Waals surface area contributed by atoms with Crippen LogP contribution in [0.15, 0.2) is 22.7 Å². The van der Waals surface area contributed by atoms with Crippen LogP contribution in [0.25, 0.3) is 0 Å². The average molecular weight is 354 g/mol. The lowest BCUT2D eigenvalue weighted by Gasteiger charge is -2.12. The minimum atomic E-state index is -4.08. The van der Waals surface area contributed by atoms with Gasteiger partial charge in [0, 0.05) is 23.0 Å². The predicted octanol–water partition coefficient (Wildman–Crippen LogP) is 4.67. The Balaban J connectivity index is 2.43. The maximum Gasteiger partial charge on any atom is 0.389 e. The van der Waals surface area contributed by atoms with E-state index in [0.717, 1.165) is 22.2 Å². The summed E-state index contributed by atoms with van der Waals surface area (Å²) in [6.45, 7) is 3.48. The van der Waals surface area contributed by atoms with Crippen molar-refractivity contribution >= 4 is 15.9 Å². The number of ether oxygens (including phenoxy) is 1. The van der Waals surface area contributed by atoms with E-state index in [1.165, 1.54) is 0 Å². The number of benzene rings is 1. The first-order valence-corrected chi connectivity index (χ1v) is 7.40. The van der Waals surface area contributed by atoms with Crippen LogP contribution in [0.3, 0.4) is 0 Å². The zero-order valence-electron chi connectivity index (χ0n) is 11.4. The van der Waals surface area contributed by atoms with E-state index < -0.39 is 12.6 Å². The van der Waals surface area contributed by atoms with Crippen LogP contribution >= 0.6 is 15.9 Å². The molecule has 1 rings (SSSR count). The van der Waals surface area contributed by atoms with Crippen LogP contribution in [0.2, 0.25) is 0 Å². The Bertz CT molecular complexity index is 410. The van der Waals surface area contributed by atoms with Gasteiger partial charge in [-0.05, 0) is 37.6 Å². The largest absolute Gasteiger partial charge is 0.493 e. The van der Waals surface area contributed by atoms with Crippen molar-refractivity contribution in [2.24, 2.45) is 0 Å². The molecule has 0 saturated heterocycles. The second-order valence-electron chi connectivity index (χ2n) is 4.50. The molecular weight excluding hydrogens is 335 g/mol. The van der Waals surface area contributed by atoms with Crippen LogP contribution in [-0.4, -0.2) is 19.3 Å². The van der Waals surface area contributed by atoms with Crippen molar-refractivity contribution in [3.05, 3.63) is 28.2 Å². The van der Waals surface area contributed by atoms with Gasteiger partial charge in [0.1, 0.15) is 5.75 Å². The topological polar surface area (TPSA) is 21.3 Å². The highest BCUT2D eigenvalue weighted by molar-refractivity contribution is 9.10. The molecule has 1 aromatic carbocycles. The first kappa shape index (κ1) is 17.3. The van der Waals surface area contributed by atoms with Crippen molar-refractivity contribution in [3.8, 4) is 5.75 Å². The fourth-order valence-corrected chi connectivity index (χ4v) is 2.08. The molecule has 0 aliphatic rings. The van der Waals surface area contributed by atoms with E-state index in [4.69, 9.17) is 4.74 Å². The smallest absolute Gasteiger partial charge is 0.389 e. The van der Waals surface area contributed by atoms with E-state index in [1.54, 1.807) is 0 Å². The summed E-state index contributed by atoms with van der Waals surface area (Å²) in [7, 11) is 0. The highest BCUT2D eigenvalue weighted by Crippen LogP contribution is 2.24. The lowest BCUT2D eigenvalue weighted by molar-refractivity contribution is -0.135. The summed E-state index contributed by atoms with van der Waals surface area (Å²) < 4.78 is 42.6. The molecule has 6 heteroatoms. The van der Waals surface area contributed by atoms with E-state index >= 15 is 0 Å². The van der Waals surface area contributed by atoms with Gasteiger partial charge in [0.2, 0.25) is 0 Å². The Morgan fingerprint density at radius 3 is 2.70 bits per heavy atom. The molecule has 0 aliphatic heterocycles. The van der Waals surface area contributed by atoms with Gasteiger partial charge in [-0.2, -0.15) is 13.2 Å². The van der Waals surface area contributed by atoms with Gasteiger partial charge in [-0.25, -0.2) is 0 Å². The second kappa shape index (κ2) is 8.52. The Labute approximate surface area is 125 Å². The van der Waals surface area contributed by atoms with Gasteiger partial charge >= 0.3 is 6.18 Å². The van der Waals surface area contributed by atoms with Crippen molar-refractivity contribution in [2.75, 3.05) is 13.2 Å². The fourth-order valence-electron chi connectivity index (χ4n) is 1.68. The van der Waals surface area contributed by atoms with Gasteiger partial charge in [-0.1, -0.05) is 22.9 Å². The summed E-state index contributed by atoms with van der Waals surface area (Å²) in [4.78, 5) is 0. The van der Waals surface area contributed by atoms with Crippen LogP contribution in [0.5, 0.6) is 5.75 Å². The van der Waals surface area contributed by atoms with Gasteiger partial charge in [0.25, 0.3) is 0 Å². The molecule has 1 N–H and O–H groups in total. The monoisotopic (exact) mass is 353 g/mol. The third-order valence-corrected chi connectivity index (χ3v) is 3.11. The Morgan fingerprint density at radius 1 is 1.30 bits per heavy atom. The maximum atomic E-state index is 12.0. The zero-order chi connectivity index (χ0) is 15.0. The third-order valence-electron chi connectivity index (χ3n) is 2.61. The summed E-state index contributed by atoms with van der Waals surface area (Å²) in [5, 5.41) is 3.02. The van der Waals surface area contributed by atoms with Crippen molar-refractivity contribution in [3.63, 3.8) is 0 Å². The Morgan fingerprint density at radius 2 is 2.05 bits per heavy atom. The van der Waals surface area contributed by atoms with Crippen LogP contribution in [0, 0.1) is 0 Å². The van der Waals surface area contributed by atoms with Crippen LogP contribution < -0.4 is 10.1 Å². The van der Waals surface area contributed by atoms with Crippen LogP contribution in [0.4, 0.5) is 13.2 Å². The lowest BCUT2D eigenvalue weighted by atomic mass is 10.2. The SMILES string of the molecule is CCCOc1ccc(Br)cc1CNCCCC(F)(F)F. The van der Waals surface area contributed by atoms with E-state index in [-0.39, 0.29) is 6.42 Å². The molecular formula is C14H19BrF3NO. The number of halogens is 4. The van der Waals surface area contributed by atoms with Crippen LogP contribution in [0.1, 0.15) is 31.7 Å². The van der Waals surface area contributed by atoms with Gasteiger partial charge in [0.05, 0.1) is 6.61 Å². The third kappa shape index (κ3) is 7.14. The molecule has 0 aromatic heterocycles. The molecule has 0 fully saturated rings. The molecule has 0 spiro atoms. The van der Waals surface area contributed by atoms with Gasteiger partial charge in [0.15, 0.2) is 0 Å². The molecule has 1 aromatic rings. The first-order chi connectivity index (χ1) is 9.42. The average Bonchev–Trinajstić information content (AvgIpc) is 2.36. The summed E-state index contributed by atoms with van der Waals surface area (Å²) in [5.41, 5.74) is 0.944. The number of hydrogen-bond acceptors (Lipinski definition) is 2. The van der Waals surface area contributed by atoms with Gasteiger partial charge < -0.3 is 10.1 Å². The van der Waals surface area contributed by atoms with E-state index in [0.29, 0.717) is 19.7 Å². The quantitative estimate of drug-likeness (QED) is 0.685. The molecule has 0 amide bonds. The normalized spacial score (nSPS) is 11.7. The summed E-state index contributed by atoms with van der Waals surface area (Å²) in [5.74, 6) is 0.776. The number of hydrogen-bond donors (Lipinski definition) is 1. The lowest BCUT2D eigenvalue weighted by Crippen LogP contribution is -2.18. The molecule has 0 aliphatic carbocycles. The molecule has 0 unspecified atom stereocenters. The second-order valence-corrected chi connectivity index (χ2v) is 5.41. The molecule has 0 atom stereocenters. The molecule has 114 valence electrons. The van der Waals surface area contributed by atoms with Gasteiger partial charge in [-0.3, -0.25) is 0 Å². The van der Waals surface area contributed by atoms with Crippen molar-refractivity contribution in [2.45, 2.75) is 38.9 Å². The van der Waals surface area contributed by atoms with Crippen LogP contribution in [-0.2, 0) is 6.54 Å². The van der Waals surface area contributed by atoms with Crippen molar-refractivity contribution in [1.82, 2.24) is 5.32 Å². The fraction of sp³-hybridized carbons (Fsp3) is 0.571. The molecule has 0 bridgehead atoms. The van der Waals surface area contributed by atoms with E-state index in [2.05, 4.69) is 21.2 Å². The zero-order valence-corrected chi connectivity index (χ0v) is 13.0. The van der Waals surface area contributed by atoms with Gasteiger partial charge in [-0.15, -0.1) is 0 Å². The minimum absolute atomic E-state index is 0.0860. The van der Waals surface area contributed by atoms with E-state index in [9.17, 15) is 13.2 Å². The van der Waals surface area contributed by atoms with Crippen molar-refractivity contribution < 1.29 is 17.9 Å². The number of rotatable bonds is 8. The van der Waals surface area contributed by atoms with Crippen molar-refractivity contribution in [1.29, 1.82) is 0 Å². The molecule has 2 nitrogen and oxygen atoms in total. The molecule has 20 heavy (non-hydrogen) atoms. The minimum Gasteiger partial charge on any atom is -0.493 e. The summed E-state index contributed by atoms with van der Waals surface area (Å²) in [6, 6.07) is 5.67. The summed E-state index contributed by atoms with van der Waals surface area (Å²) in [6.07, 6.45) is -3.83. The Kier molecular flexibility index (Phi) is 7.37. The molecule has 0 radical (unpaired) electrons. The molecule has 0 heterocycles. The predicted molar refractivity (Wildman–Crippen MR) is 76.9 cm³/mol. The highest BCUT2D eigenvalue weighted by atomic mass is 79.9. The standard InChI is InChI=1S/C14H19BrF3NO/c1-2-8-20-13-5-4-12(15)9-11(13)10-19-7-3-6-14(16,17)18/h4-5,9,19H,2-3,6-8,10H2,1H3. The number of alkyl halides is 3. The first-order valence-electron chi connectivity index (χ1n) is 6.61. The molecule has 0 saturated carbocycles. The maximum absolute atomic E-state index is 12.0. The summed E-state index contributed by atoms with van der Waals surface area (Å²) >= 11 is 3.38. The Hall–Kier alpha value is -0.750. The van der Waals surface area contributed by atoms with E-state index in [1.807, 2.05) is 25.1 Å².